The van der Waals surface area contributed by atoms with Gasteiger partial charge in [0.2, 0.25) is 0 Å². The zero-order valence-corrected chi connectivity index (χ0v) is 12.9. The third-order valence-electron chi connectivity index (χ3n) is 3.96. The van der Waals surface area contributed by atoms with Crippen molar-refractivity contribution < 1.29 is 4.74 Å². The van der Waals surface area contributed by atoms with Gasteiger partial charge >= 0.3 is 0 Å². The Morgan fingerprint density at radius 1 is 0.909 bits per heavy atom. The Morgan fingerprint density at radius 3 is 2.64 bits per heavy atom. The molecule has 1 N–H and O–H groups in total. The molecule has 2 aromatic rings. The van der Waals surface area contributed by atoms with Crippen molar-refractivity contribution >= 4 is 6.08 Å². The molecule has 0 aromatic heterocycles. The lowest BCUT2D eigenvalue weighted by Crippen LogP contribution is -2.22. The smallest absolute Gasteiger partial charge is 0.127 e. The maximum absolute atomic E-state index is 5.76. The molecule has 3 rings (SSSR count). The molecule has 0 radical (unpaired) electrons. The average molecular weight is 293 g/mol. The summed E-state index contributed by atoms with van der Waals surface area (Å²) in [7, 11) is 0. The third kappa shape index (κ3) is 4.22. The van der Waals surface area contributed by atoms with Gasteiger partial charge in [-0.15, -0.1) is 0 Å². The van der Waals surface area contributed by atoms with Crippen molar-refractivity contribution in [3.63, 3.8) is 0 Å². The Kier molecular flexibility index (Phi) is 5.27. The number of rotatable bonds is 7. The van der Waals surface area contributed by atoms with Crippen LogP contribution in [0.4, 0.5) is 0 Å². The molecule has 1 aliphatic heterocycles. The lowest BCUT2D eigenvalue weighted by molar-refractivity contribution is 0.343. The van der Waals surface area contributed by atoms with Crippen molar-refractivity contribution in [3.8, 4) is 5.75 Å². The van der Waals surface area contributed by atoms with Crippen LogP contribution >= 0.6 is 0 Å². The van der Waals surface area contributed by atoms with Gasteiger partial charge in [-0.25, -0.2) is 0 Å². The first-order valence-corrected chi connectivity index (χ1v) is 8.08. The van der Waals surface area contributed by atoms with Gasteiger partial charge in [-0.3, -0.25) is 0 Å². The fourth-order valence-electron chi connectivity index (χ4n) is 2.74. The Hall–Kier alpha value is -2.06. The molecule has 114 valence electrons. The van der Waals surface area contributed by atoms with Gasteiger partial charge in [0, 0.05) is 12.1 Å². The van der Waals surface area contributed by atoms with E-state index in [4.69, 9.17) is 4.74 Å². The molecule has 0 unspecified atom stereocenters. The summed E-state index contributed by atoms with van der Waals surface area (Å²) in [4.78, 5) is 0. The van der Waals surface area contributed by atoms with Crippen LogP contribution in [0.25, 0.3) is 6.08 Å². The highest BCUT2D eigenvalue weighted by Crippen LogP contribution is 2.25. The molecule has 0 spiro atoms. The molecule has 2 heteroatoms. The summed E-state index contributed by atoms with van der Waals surface area (Å²) >= 11 is 0. The first-order valence-electron chi connectivity index (χ1n) is 8.08. The topological polar surface area (TPSA) is 21.3 Å². The Morgan fingerprint density at radius 2 is 1.73 bits per heavy atom. The van der Waals surface area contributed by atoms with Crippen molar-refractivity contribution in [2.24, 2.45) is 0 Å². The van der Waals surface area contributed by atoms with Crippen LogP contribution in [0.15, 0.2) is 60.2 Å². The normalized spacial score (nSPS) is 13.2. The maximum atomic E-state index is 5.76. The maximum Gasteiger partial charge on any atom is 0.127 e. The van der Waals surface area contributed by atoms with Crippen LogP contribution in [0.1, 0.15) is 24.0 Å². The van der Waals surface area contributed by atoms with Gasteiger partial charge in [0.25, 0.3) is 0 Å². The fourth-order valence-corrected chi connectivity index (χ4v) is 2.74. The summed E-state index contributed by atoms with van der Waals surface area (Å²) in [6, 6.07) is 18.9. The number of aryl methyl sites for hydroxylation is 1. The summed E-state index contributed by atoms with van der Waals surface area (Å²) in [5.41, 5.74) is 3.94. The van der Waals surface area contributed by atoms with E-state index in [9.17, 15) is 0 Å². The van der Waals surface area contributed by atoms with Crippen molar-refractivity contribution in [2.45, 2.75) is 19.3 Å². The van der Waals surface area contributed by atoms with Gasteiger partial charge in [-0.1, -0.05) is 48.5 Å². The zero-order valence-electron chi connectivity index (χ0n) is 12.9. The first-order chi connectivity index (χ1) is 10.9. The number of hydrogen-bond acceptors (Lipinski definition) is 2. The molecule has 0 bridgehead atoms. The summed E-state index contributed by atoms with van der Waals surface area (Å²) in [6.07, 6.45) is 5.85. The van der Waals surface area contributed by atoms with Gasteiger partial charge in [0.05, 0.1) is 0 Å². The van der Waals surface area contributed by atoms with Gasteiger partial charge < -0.3 is 10.1 Å². The molecule has 0 fully saturated rings. The molecule has 0 saturated carbocycles. The predicted molar refractivity (Wildman–Crippen MR) is 92.2 cm³/mol. The van der Waals surface area contributed by atoms with Crippen LogP contribution in [0.3, 0.4) is 0 Å². The van der Waals surface area contributed by atoms with Crippen LogP contribution in [0.5, 0.6) is 5.75 Å². The van der Waals surface area contributed by atoms with Crippen LogP contribution in [0, 0.1) is 0 Å². The summed E-state index contributed by atoms with van der Waals surface area (Å²) in [6.45, 7) is 2.68. The quantitative estimate of drug-likeness (QED) is 0.777. The molecule has 0 atom stereocenters. The van der Waals surface area contributed by atoms with E-state index < -0.39 is 0 Å². The van der Waals surface area contributed by atoms with Crippen LogP contribution < -0.4 is 10.1 Å². The Bertz CT molecular complexity index is 619. The molecular weight excluding hydrogens is 270 g/mol. The molecule has 0 aliphatic carbocycles. The number of hydrogen-bond donors (Lipinski definition) is 1. The van der Waals surface area contributed by atoms with Gasteiger partial charge in [-0.2, -0.15) is 0 Å². The molecule has 1 aliphatic rings. The molecular formula is C20H23NO. The van der Waals surface area contributed by atoms with Crippen LogP contribution in [-0.2, 0) is 6.42 Å². The van der Waals surface area contributed by atoms with E-state index in [1.165, 1.54) is 36.0 Å². The minimum atomic E-state index is 0.702. The second kappa shape index (κ2) is 7.81. The number of fused-ring (bicyclic) bond motifs is 1. The highest BCUT2D eigenvalue weighted by atomic mass is 16.5. The molecule has 2 nitrogen and oxygen atoms in total. The summed E-state index contributed by atoms with van der Waals surface area (Å²) in [5, 5.41) is 3.52. The summed E-state index contributed by atoms with van der Waals surface area (Å²) in [5.74, 6) is 0.995. The van der Waals surface area contributed by atoms with Crippen molar-refractivity contribution in [2.75, 3.05) is 19.7 Å². The summed E-state index contributed by atoms with van der Waals surface area (Å²) < 4.78 is 5.76. The van der Waals surface area contributed by atoms with Crippen molar-refractivity contribution in [1.29, 1.82) is 0 Å². The van der Waals surface area contributed by atoms with Crippen LogP contribution in [-0.4, -0.2) is 19.7 Å². The first kappa shape index (κ1) is 14.9. The highest BCUT2D eigenvalue weighted by molar-refractivity contribution is 5.62. The third-order valence-corrected chi connectivity index (χ3v) is 3.96. The number of unbranched alkanes of at least 4 members (excludes halogenated alkanes) is 1. The van der Waals surface area contributed by atoms with E-state index in [0.29, 0.717) is 6.61 Å². The molecule has 1 heterocycles. The van der Waals surface area contributed by atoms with Crippen molar-refractivity contribution in [1.82, 2.24) is 5.32 Å². The largest absolute Gasteiger partial charge is 0.489 e. The Labute approximate surface area is 132 Å². The van der Waals surface area contributed by atoms with Gasteiger partial charge in [0.15, 0.2) is 0 Å². The highest BCUT2D eigenvalue weighted by Gasteiger charge is 2.09. The molecule has 22 heavy (non-hydrogen) atoms. The second-order valence-corrected chi connectivity index (χ2v) is 5.75. The molecule has 0 saturated heterocycles. The van der Waals surface area contributed by atoms with E-state index in [-0.39, 0.29) is 0 Å². The van der Waals surface area contributed by atoms with Crippen molar-refractivity contribution in [3.05, 3.63) is 71.3 Å². The Balaban J connectivity index is 1.35. The number of ether oxygens (including phenoxy) is 1. The minimum absolute atomic E-state index is 0.702. The molecule has 2 aromatic carbocycles. The van der Waals surface area contributed by atoms with Crippen LogP contribution in [0.2, 0.25) is 0 Å². The number of para-hydroxylation sites is 1. The monoisotopic (exact) mass is 293 g/mol. The lowest BCUT2D eigenvalue weighted by Gasteiger charge is -2.18. The SMILES string of the molecule is C1=C(CNCCCCc2ccccc2)COc2ccccc21. The fraction of sp³-hybridized carbons (Fsp3) is 0.300. The van der Waals surface area contributed by atoms with E-state index >= 15 is 0 Å². The standard InChI is InChI=1S/C20H23NO/c1-2-8-17(9-3-1)10-6-7-13-21-15-18-14-19-11-4-5-12-20(19)22-16-18/h1-5,8-9,11-12,14,21H,6-7,10,13,15-16H2. The predicted octanol–water partition coefficient (Wildman–Crippen LogP) is 4.07. The second-order valence-electron chi connectivity index (χ2n) is 5.75. The van der Waals surface area contributed by atoms with Gasteiger partial charge in [-0.05, 0) is 49.1 Å². The van der Waals surface area contributed by atoms with E-state index in [0.717, 1.165) is 18.8 Å². The number of benzene rings is 2. The van der Waals surface area contributed by atoms with Gasteiger partial charge in [0.1, 0.15) is 12.4 Å². The average Bonchev–Trinajstić information content (AvgIpc) is 2.59. The molecule has 0 amide bonds. The minimum Gasteiger partial charge on any atom is -0.489 e. The lowest BCUT2D eigenvalue weighted by atomic mass is 10.1. The van der Waals surface area contributed by atoms with E-state index in [1.807, 2.05) is 12.1 Å². The van der Waals surface area contributed by atoms with E-state index in [1.54, 1.807) is 0 Å². The zero-order chi connectivity index (χ0) is 15.0. The number of nitrogens with one attached hydrogen (secondary N) is 1. The van der Waals surface area contributed by atoms with E-state index in [2.05, 4.69) is 53.9 Å².